The van der Waals surface area contributed by atoms with Crippen LogP contribution in [0.25, 0.3) is 0 Å². The van der Waals surface area contributed by atoms with Crippen molar-refractivity contribution >= 4 is 57.6 Å². The molecule has 1 heterocycles. The molecular weight excluding hydrogens is 365 g/mol. The number of hydrazone groups is 1. The van der Waals surface area contributed by atoms with Crippen molar-refractivity contribution in [1.82, 2.24) is 14.8 Å². The molecule has 1 aromatic rings. The molecule has 0 aliphatic rings. The quantitative estimate of drug-likeness (QED) is 0.292. The van der Waals surface area contributed by atoms with Gasteiger partial charge in [0.2, 0.25) is 0 Å². The minimum atomic E-state index is -1.94. The standard InChI is InChI=1S/C14H26N5PS3/c1-5-18(6-2)20(22,19(7-3)8-4)13-10-9-12(23-13)11-16-17-14(15)21/h9-11H,5-8H2,1-4H3,(H3,15,17,21)/b16-11-. The number of nitrogens with zero attached hydrogens (tertiary/aromatic N) is 3. The summed E-state index contributed by atoms with van der Waals surface area (Å²) in [5.41, 5.74) is 7.95. The lowest BCUT2D eigenvalue weighted by atomic mass is 10.5. The van der Waals surface area contributed by atoms with Gasteiger partial charge in [-0.25, -0.2) is 0 Å². The van der Waals surface area contributed by atoms with Crippen LogP contribution in [0, 0.1) is 0 Å². The van der Waals surface area contributed by atoms with Crippen LogP contribution in [-0.2, 0) is 11.8 Å². The minimum absolute atomic E-state index is 0.162. The molecule has 0 unspecified atom stereocenters. The normalized spacial score (nSPS) is 12.4. The van der Waals surface area contributed by atoms with Crippen LogP contribution < -0.4 is 15.8 Å². The van der Waals surface area contributed by atoms with Gasteiger partial charge in [0.1, 0.15) is 6.34 Å². The molecule has 1 rings (SSSR count). The van der Waals surface area contributed by atoms with Crippen molar-refractivity contribution < 1.29 is 0 Å². The number of thiophene rings is 1. The summed E-state index contributed by atoms with van der Waals surface area (Å²) < 4.78 is 6.10. The number of nitrogens with two attached hydrogens (primary N) is 1. The Labute approximate surface area is 154 Å². The molecule has 0 radical (unpaired) electrons. The third-order valence-corrected chi connectivity index (χ3v) is 11.2. The first-order chi connectivity index (χ1) is 10.9. The van der Waals surface area contributed by atoms with E-state index in [-0.39, 0.29) is 5.11 Å². The van der Waals surface area contributed by atoms with E-state index in [9.17, 15) is 0 Å². The number of rotatable bonds is 9. The van der Waals surface area contributed by atoms with E-state index in [1.165, 1.54) is 4.62 Å². The Hall–Kier alpha value is -0.370. The number of thiocarbonyl (C=S) groups is 1. The second-order valence-electron chi connectivity index (χ2n) is 4.73. The third kappa shape index (κ3) is 5.05. The molecule has 9 heteroatoms. The molecule has 3 N–H and O–H groups in total. The predicted octanol–water partition coefficient (Wildman–Crippen LogP) is 2.53. The highest BCUT2D eigenvalue weighted by atomic mass is 32.4. The molecule has 23 heavy (non-hydrogen) atoms. The van der Waals surface area contributed by atoms with Gasteiger partial charge in [0.15, 0.2) is 5.11 Å². The van der Waals surface area contributed by atoms with Gasteiger partial charge in [-0.3, -0.25) is 14.8 Å². The van der Waals surface area contributed by atoms with Gasteiger partial charge in [-0.1, -0.05) is 39.5 Å². The summed E-state index contributed by atoms with van der Waals surface area (Å²) in [5, 5.41) is 4.19. The number of nitrogens with one attached hydrogen (secondary N) is 1. The van der Waals surface area contributed by atoms with Gasteiger partial charge in [0, 0.05) is 31.1 Å². The Balaban J connectivity index is 3.18. The van der Waals surface area contributed by atoms with Gasteiger partial charge in [-0.2, -0.15) is 5.10 Å². The van der Waals surface area contributed by atoms with E-state index in [1.54, 1.807) is 17.6 Å². The first kappa shape index (κ1) is 20.7. The van der Waals surface area contributed by atoms with E-state index in [4.69, 9.17) is 29.8 Å². The molecule has 0 atom stereocenters. The zero-order valence-electron chi connectivity index (χ0n) is 14.2. The van der Waals surface area contributed by atoms with Crippen LogP contribution in [0.2, 0.25) is 0 Å². The smallest absolute Gasteiger partial charge is 0.184 e. The van der Waals surface area contributed by atoms with E-state index in [0.29, 0.717) is 0 Å². The highest BCUT2D eigenvalue weighted by molar-refractivity contribution is 8.17. The second-order valence-corrected chi connectivity index (χ2v) is 10.8. The molecule has 0 fully saturated rings. The van der Waals surface area contributed by atoms with Gasteiger partial charge in [-0.05, 0) is 24.4 Å². The lowest BCUT2D eigenvalue weighted by Crippen LogP contribution is -2.36. The summed E-state index contributed by atoms with van der Waals surface area (Å²) in [7, 11) is 0. The lowest BCUT2D eigenvalue weighted by molar-refractivity contribution is 0.428. The average Bonchev–Trinajstić information content (AvgIpc) is 2.98. The summed E-state index contributed by atoms with van der Waals surface area (Å²) >= 11 is 12.7. The first-order valence-electron chi connectivity index (χ1n) is 7.73. The van der Waals surface area contributed by atoms with Crippen LogP contribution in [0.5, 0.6) is 0 Å². The molecule has 0 aliphatic carbocycles. The molecular formula is C14H26N5PS3. The molecule has 0 bridgehead atoms. The molecule has 0 aromatic carbocycles. The van der Waals surface area contributed by atoms with Gasteiger partial charge in [0.25, 0.3) is 0 Å². The molecule has 0 saturated heterocycles. The monoisotopic (exact) mass is 391 g/mol. The number of hydrogen-bond acceptors (Lipinski definition) is 4. The maximum absolute atomic E-state index is 6.25. The van der Waals surface area contributed by atoms with Crippen molar-refractivity contribution in [2.24, 2.45) is 10.8 Å². The summed E-state index contributed by atoms with van der Waals surface area (Å²) in [6, 6.07) is 4.20. The molecule has 0 spiro atoms. The van der Waals surface area contributed by atoms with Crippen LogP contribution in [0.4, 0.5) is 0 Å². The number of hydrogen-bond donors (Lipinski definition) is 2. The zero-order valence-corrected chi connectivity index (χ0v) is 17.5. The molecule has 130 valence electrons. The largest absolute Gasteiger partial charge is 0.375 e. The topological polar surface area (TPSA) is 56.9 Å². The van der Waals surface area contributed by atoms with Crippen LogP contribution in [-0.4, -0.2) is 46.8 Å². The van der Waals surface area contributed by atoms with Crippen molar-refractivity contribution in [3.63, 3.8) is 0 Å². The van der Waals surface area contributed by atoms with Gasteiger partial charge >= 0.3 is 0 Å². The van der Waals surface area contributed by atoms with Gasteiger partial charge in [0.05, 0.1) is 10.8 Å². The second kappa shape index (κ2) is 9.81. The predicted molar refractivity (Wildman–Crippen MR) is 112 cm³/mol. The Morgan fingerprint density at radius 2 is 1.74 bits per heavy atom. The van der Waals surface area contributed by atoms with E-state index in [2.05, 4.69) is 59.7 Å². The zero-order chi connectivity index (χ0) is 17.5. The maximum atomic E-state index is 6.25. The molecule has 0 amide bonds. The third-order valence-electron chi connectivity index (χ3n) is 3.49. The molecule has 5 nitrogen and oxygen atoms in total. The highest BCUT2D eigenvalue weighted by Gasteiger charge is 2.32. The van der Waals surface area contributed by atoms with Crippen molar-refractivity contribution in [2.45, 2.75) is 27.7 Å². The summed E-state index contributed by atoms with van der Waals surface area (Å²) in [4.78, 5) is 1.04. The lowest BCUT2D eigenvalue weighted by Gasteiger charge is -2.40. The van der Waals surface area contributed by atoms with E-state index < -0.39 is 6.34 Å². The Morgan fingerprint density at radius 3 is 2.17 bits per heavy atom. The summed E-state index contributed by atoms with van der Waals surface area (Å²) in [6.07, 6.45) is -0.203. The molecule has 1 aromatic heterocycles. The maximum Gasteiger partial charge on any atom is 0.184 e. The van der Waals surface area contributed by atoms with Crippen LogP contribution >= 0.6 is 29.9 Å². The average molecular weight is 392 g/mol. The Morgan fingerprint density at radius 1 is 1.22 bits per heavy atom. The molecule has 0 saturated carbocycles. The SMILES string of the molecule is CCN(CC)P(=S)(c1ccc(/C=N\NC(N)=S)s1)N(CC)CC. The fraction of sp³-hybridized carbons (Fsp3) is 0.571. The fourth-order valence-corrected chi connectivity index (χ4v) is 9.18. The highest BCUT2D eigenvalue weighted by Crippen LogP contribution is 2.53. The van der Waals surface area contributed by atoms with Crippen molar-refractivity contribution in [3.05, 3.63) is 17.0 Å². The van der Waals surface area contributed by atoms with Crippen molar-refractivity contribution in [3.8, 4) is 0 Å². The fourth-order valence-electron chi connectivity index (χ4n) is 2.40. The van der Waals surface area contributed by atoms with Crippen LogP contribution in [0.1, 0.15) is 32.6 Å². The van der Waals surface area contributed by atoms with Crippen LogP contribution in [0.3, 0.4) is 0 Å². The summed E-state index contributed by atoms with van der Waals surface area (Å²) in [5.74, 6) is 0. The van der Waals surface area contributed by atoms with Gasteiger partial charge < -0.3 is 5.73 Å². The Bertz CT molecular complexity index is 563. The molecule has 0 aliphatic heterocycles. The van der Waals surface area contributed by atoms with E-state index >= 15 is 0 Å². The van der Waals surface area contributed by atoms with E-state index in [1.807, 2.05) is 0 Å². The first-order valence-corrected chi connectivity index (χ1v) is 11.7. The van der Waals surface area contributed by atoms with Crippen LogP contribution in [0.15, 0.2) is 17.2 Å². The minimum Gasteiger partial charge on any atom is -0.375 e. The van der Waals surface area contributed by atoms with Gasteiger partial charge in [-0.15, -0.1) is 11.3 Å². The van der Waals surface area contributed by atoms with Crippen molar-refractivity contribution in [2.75, 3.05) is 26.2 Å². The van der Waals surface area contributed by atoms with Crippen molar-refractivity contribution in [1.29, 1.82) is 0 Å². The van der Waals surface area contributed by atoms with E-state index in [0.717, 1.165) is 31.1 Å². The Kier molecular flexibility index (Phi) is 8.82. The summed E-state index contributed by atoms with van der Waals surface area (Å²) in [6.45, 7) is 12.5.